The van der Waals surface area contributed by atoms with Crippen LogP contribution < -0.4 is 0 Å². The number of carbonyl (C=O) groups is 1. The smallest absolute Gasteiger partial charge is 0.246 e. The van der Waals surface area contributed by atoms with E-state index in [2.05, 4.69) is 19.9 Å². The molecule has 0 aromatic carbocycles. The number of hydrogen-bond acceptors (Lipinski definition) is 1. The molecule has 1 amide bonds. The molecule has 2 atom stereocenters. The SMILES string of the molecule is C/C=C\[C@@]1(C)C(C)CC=CC(=O)N1C. The Labute approximate surface area is 86.3 Å². The van der Waals surface area contributed by atoms with Gasteiger partial charge in [-0.25, -0.2) is 0 Å². The van der Waals surface area contributed by atoms with Crippen molar-refractivity contribution in [3.63, 3.8) is 0 Å². The lowest BCUT2D eigenvalue weighted by Gasteiger charge is -2.39. The molecule has 1 aliphatic rings. The first-order chi connectivity index (χ1) is 6.52. The van der Waals surface area contributed by atoms with Gasteiger partial charge in [-0.3, -0.25) is 4.79 Å². The Morgan fingerprint density at radius 1 is 1.64 bits per heavy atom. The third-order valence-corrected chi connectivity index (χ3v) is 3.31. The summed E-state index contributed by atoms with van der Waals surface area (Å²) in [7, 11) is 1.87. The zero-order chi connectivity index (χ0) is 10.8. The molecular formula is C12H19NO. The molecule has 0 spiro atoms. The van der Waals surface area contributed by atoms with E-state index >= 15 is 0 Å². The van der Waals surface area contributed by atoms with Gasteiger partial charge in [-0.1, -0.05) is 25.2 Å². The van der Waals surface area contributed by atoms with Gasteiger partial charge in [-0.05, 0) is 32.3 Å². The van der Waals surface area contributed by atoms with Gasteiger partial charge in [-0.2, -0.15) is 0 Å². The van der Waals surface area contributed by atoms with Crippen molar-refractivity contribution < 1.29 is 4.79 Å². The van der Waals surface area contributed by atoms with Crippen LogP contribution in [0, 0.1) is 5.92 Å². The van der Waals surface area contributed by atoms with Gasteiger partial charge in [0.1, 0.15) is 0 Å². The quantitative estimate of drug-likeness (QED) is 0.585. The van der Waals surface area contributed by atoms with Gasteiger partial charge in [0, 0.05) is 7.05 Å². The molecule has 0 radical (unpaired) electrons. The Balaban J connectivity index is 3.06. The summed E-state index contributed by atoms with van der Waals surface area (Å²) in [6.07, 6.45) is 8.73. The second kappa shape index (κ2) is 3.99. The van der Waals surface area contributed by atoms with E-state index in [9.17, 15) is 4.79 Å². The highest BCUT2D eigenvalue weighted by Crippen LogP contribution is 2.30. The zero-order valence-electron chi connectivity index (χ0n) is 9.45. The Bertz CT molecular complexity index is 280. The van der Waals surface area contributed by atoms with Crippen LogP contribution >= 0.6 is 0 Å². The molecule has 0 bridgehead atoms. The van der Waals surface area contributed by atoms with E-state index < -0.39 is 0 Å². The van der Waals surface area contributed by atoms with E-state index in [0.29, 0.717) is 5.92 Å². The van der Waals surface area contributed by atoms with Crippen molar-refractivity contribution in [2.24, 2.45) is 5.92 Å². The van der Waals surface area contributed by atoms with Crippen LogP contribution in [-0.4, -0.2) is 23.4 Å². The first-order valence-electron chi connectivity index (χ1n) is 5.10. The van der Waals surface area contributed by atoms with Crippen molar-refractivity contribution in [1.29, 1.82) is 0 Å². The topological polar surface area (TPSA) is 20.3 Å². The molecule has 0 aromatic rings. The molecule has 1 heterocycles. The second-order valence-electron chi connectivity index (χ2n) is 4.16. The van der Waals surface area contributed by atoms with Crippen molar-refractivity contribution in [3.05, 3.63) is 24.3 Å². The van der Waals surface area contributed by atoms with Crippen LogP contribution in [0.1, 0.15) is 27.2 Å². The van der Waals surface area contributed by atoms with Crippen LogP contribution in [0.2, 0.25) is 0 Å². The van der Waals surface area contributed by atoms with Gasteiger partial charge in [0.2, 0.25) is 5.91 Å². The minimum Gasteiger partial charge on any atom is -0.333 e. The van der Waals surface area contributed by atoms with Crippen molar-refractivity contribution in [2.75, 3.05) is 7.05 Å². The fourth-order valence-electron chi connectivity index (χ4n) is 1.90. The van der Waals surface area contributed by atoms with Gasteiger partial charge in [-0.15, -0.1) is 0 Å². The maximum Gasteiger partial charge on any atom is 0.246 e. The van der Waals surface area contributed by atoms with E-state index in [-0.39, 0.29) is 11.4 Å². The van der Waals surface area contributed by atoms with Crippen LogP contribution in [0.15, 0.2) is 24.3 Å². The molecule has 0 N–H and O–H groups in total. The summed E-state index contributed by atoms with van der Waals surface area (Å²) in [6, 6.07) is 0. The first kappa shape index (κ1) is 11.0. The minimum absolute atomic E-state index is 0.0925. The Morgan fingerprint density at radius 3 is 2.86 bits per heavy atom. The van der Waals surface area contributed by atoms with E-state index in [0.717, 1.165) is 6.42 Å². The minimum atomic E-state index is -0.157. The summed E-state index contributed by atoms with van der Waals surface area (Å²) in [4.78, 5) is 13.5. The highest BCUT2D eigenvalue weighted by molar-refractivity contribution is 5.88. The first-order valence-corrected chi connectivity index (χ1v) is 5.10. The number of nitrogens with zero attached hydrogens (tertiary/aromatic N) is 1. The fraction of sp³-hybridized carbons (Fsp3) is 0.583. The second-order valence-corrected chi connectivity index (χ2v) is 4.16. The largest absolute Gasteiger partial charge is 0.333 e. The number of rotatable bonds is 1. The molecule has 0 saturated carbocycles. The molecule has 0 saturated heterocycles. The molecule has 2 heteroatoms. The summed E-state index contributed by atoms with van der Waals surface area (Å²) < 4.78 is 0. The van der Waals surface area contributed by atoms with Crippen LogP contribution in [0.3, 0.4) is 0 Å². The lowest BCUT2D eigenvalue weighted by atomic mass is 9.83. The summed E-state index contributed by atoms with van der Waals surface area (Å²) in [5.74, 6) is 0.543. The van der Waals surface area contributed by atoms with Crippen LogP contribution in [0.5, 0.6) is 0 Å². The lowest BCUT2D eigenvalue weighted by Crippen LogP contribution is -2.48. The molecule has 0 fully saturated rings. The molecule has 1 aliphatic heterocycles. The highest BCUT2D eigenvalue weighted by Gasteiger charge is 2.35. The molecule has 2 nitrogen and oxygen atoms in total. The molecule has 0 aliphatic carbocycles. The van der Waals surface area contributed by atoms with Gasteiger partial charge in [0.05, 0.1) is 5.54 Å². The lowest BCUT2D eigenvalue weighted by molar-refractivity contribution is -0.129. The van der Waals surface area contributed by atoms with Crippen molar-refractivity contribution in [3.8, 4) is 0 Å². The van der Waals surface area contributed by atoms with Gasteiger partial charge < -0.3 is 4.90 Å². The van der Waals surface area contributed by atoms with Gasteiger partial charge >= 0.3 is 0 Å². The van der Waals surface area contributed by atoms with Crippen LogP contribution in [-0.2, 0) is 4.79 Å². The van der Waals surface area contributed by atoms with E-state index in [1.807, 2.05) is 31.0 Å². The third kappa shape index (κ3) is 1.74. The van der Waals surface area contributed by atoms with Crippen molar-refractivity contribution in [2.45, 2.75) is 32.7 Å². The summed E-state index contributed by atoms with van der Waals surface area (Å²) in [6.45, 7) is 6.29. The third-order valence-electron chi connectivity index (χ3n) is 3.31. The van der Waals surface area contributed by atoms with E-state index in [4.69, 9.17) is 0 Å². The standard InChI is InChI=1S/C12H19NO/c1-5-9-12(3)10(2)7-6-8-11(14)13(12)4/h5-6,8-10H,7H2,1-4H3/b9-5-/t10?,12-/m0/s1. The number of allylic oxidation sites excluding steroid dienone is 2. The average molecular weight is 193 g/mol. The summed E-state index contributed by atoms with van der Waals surface area (Å²) in [5, 5.41) is 0. The molecule has 14 heavy (non-hydrogen) atoms. The maximum atomic E-state index is 11.7. The number of amides is 1. The monoisotopic (exact) mass is 193 g/mol. The zero-order valence-corrected chi connectivity index (χ0v) is 9.45. The predicted octanol–water partition coefficient (Wildman–Crippen LogP) is 2.38. The highest BCUT2D eigenvalue weighted by atomic mass is 16.2. The molecule has 1 rings (SSSR count). The maximum absolute atomic E-state index is 11.7. The molecule has 1 unspecified atom stereocenters. The molecular weight excluding hydrogens is 174 g/mol. The summed E-state index contributed by atoms with van der Waals surface area (Å²) >= 11 is 0. The van der Waals surface area contributed by atoms with Crippen molar-refractivity contribution in [1.82, 2.24) is 4.90 Å². The Hall–Kier alpha value is -1.05. The number of carbonyl (C=O) groups excluding carboxylic acids is 1. The van der Waals surface area contributed by atoms with Gasteiger partial charge in [0.15, 0.2) is 0 Å². The van der Waals surface area contributed by atoms with Crippen LogP contribution in [0.25, 0.3) is 0 Å². The molecule has 78 valence electrons. The molecule has 0 aromatic heterocycles. The Kier molecular flexibility index (Phi) is 3.14. The number of likely N-dealkylation sites (N-methyl/N-ethyl adjacent to an activating group) is 1. The normalized spacial score (nSPS) is 33.9. The van der Waals surface area contributed by atoms with Crippen molar-refractivity contribution >= 4 is 5.91 Å². The van der Waals surface area contributed by atoms with E-state index in [1.165, 1.54) is 0 Å². The number of hydrogen-bond donors (Lipinski definition) is 0. The fourth-order valence-corrected chi connectivity index (χ4v) is 1.90. The summed E-state index contributed by atoms with van der Waals surface area (Å²) in [5.41, 5.74) is -0.157. The average Bonchev–Trinajstić information content (AvgIpc) is 2.22. The Morgan fingerprint density at radius 2 is 2.29 bits per heavy atom. The predicted molar refractivity (Wildman–Crippen MR) is 58.9 cm³/mol. The van der Waals surface area contributed by atoms with Crippen LogP contribution in [0.4, 0.5) is 0 Å². The van der Waals surface area contributed by atoms with Gasteiger partial charge in [0.25, 0.3) is 0 Å². The van der Waals surface area contributed by atoms with E-state index in [1.54, 1.807) is 6.08 Å².